The van der Waals surface area contributed by atoms with Gasteiger partial charge in [0.1, 0.15) is 5.75 Å². The zero-order valence-corrected chi connectivity index (χ0v) is 22.5. The summed E-state index contributed by atoms with van der Waals surface area (Å²) >= 11 is 15.3. The number of amides is 2. The van der Waals surface area contributed by atoms with Crippen LogP contribution in [0.4, 0.5) is 15.8 Å². The first-order valence-electron chi connectivity index (χ1n) is 10.3. The Morgan fingerprint density at radius 3 is 2.44 bits per heavy atom. The highest BCUT2D eigenvalue weighted by atomic mass is 79.9. The molecule has 190 valence electrons. The summed E-state index contributed by atoms with van der Waals surface area (Å²) in [5.74, 6) is -2.03. The number of ether oxygens (including phenoxy) is 1. The molecule has 4 N–H and O–H groups in total. The van der Waals surface area contributed by atoms with E-state index in [4.69, 9.17) is 33.7 Å². The zero-order chi connectivity index (χ0) is 26.6. The van der Waals surface area contributed by atoms with Crippen LogP contribution in [0.15, 0.2) is 57.9 Å². The standard InChI is InChI=1S/C23H19BrCl2FN3O5S/c1-2-20(31)30-36(33,34)16-4-6-19(18(26)11-16)29-21(32)7-12-3-5-17(24)23(22(12)27)35-15-9-13(25)8-14(28)10-15/h3-6,8-11H,2,7,28H2,1H3,(H,29,32)(H,30,31). The summed E-state index contributed by atoms with van der Waals surface area (Å²) in [4.78, 5) is 23.8. The summed E-state index contributed by atoms with van der Waals surface area (Å²) in [5.41, 5.74) is 6.20. The molecule has 0 radical (unpaired) electrons. The third-order valence-corrected chi connectivity index (χ3v) is 7.21. The number of hydrogen-bond donors (Lipinski definition) is 3. The number of rotatable bonds is 8. The van der Waals surface area contributed by atoms with Gasteiger partial charge in [-0.25, -0.2) is 17.5 Å². The summed E-state index contributed by atoms with van der Waals surface area (Å²) in [7, 11) is -4.11. The average Bonchev–Trinajstić information content (AvgIpc) is 2.79. The van der Waals surface area contributed by atoms with Gasteiger partial charge in [0.15, 0.2) is 11.6 Å². The van der Waals surface area contributed by atoms with E-state index in [9.17, 15) is 18.0 Å². The molecule has 0 saturated heterocycles. The van der Waals surface area contributed by atoms with E-state index < -0.39 is 27.7 Å². The lowest BCUT2D eigenvalue weighted by Crippen LogP contribution is -2.29. The van der Waals surface area contributed by atoms with Gasteiger partial charge in [0.25, 0.3) is 10.0 Å². The molecule has 0 aliphatic heterocycles. The molecule has 0 heterocycles. The Hall–Kier alpha value is -2.86. The lowest BCUT2D eigenvalue weighted by Gasteiger charge is -2.13. The van der Waals surface area contributed by atoms with Gasteiger partial charge in [0.05, 0.1) is 26.5 Å². The summed E-state index contributed by atoms with van der Waals surface area (Å²) in [6.07, 6.45) is -0.399. The van der Waals surface area contributed by atoms with Crippen molar-refractivity contribution in [2.75, 3.05) is 11.1 Å². The summed E-state index contributed by atoms with van der Waals surface area (Å²) in [6, 6.07) is 10.9. The molecular formula is C23H19BrCl2FN3O5S. The maximum Gasteiger partial charge on any atom is 0.264 e. The number of nitrogens with two attached hydrogens (primary N) is 1. The minimum absolute atomic E-state index is 0.0202. The number of sulfonamides is 1. The van der Waals surface area contributed by atoms with Gasteiger partial charge in [-0.3, -0.25) is 9.59 Å². The van der Waals surface area contributed by atoms with Crippen LogP contribution in [-0.2, 0) is 26.0 Å². The molecule has 0 unspecified atom stereocenters. The molecule has 0 fully saturated rings. The lowest BCUT2D eigenvalue weighted by molar-refractivity contribution is -0.119. The van der Waals surface area contributed by atoms with E-state index in [1.54, 1.807) is 0 Å². The highest BCUT2D eigenvalue weighted by molar-refractivity contribution is 9.10. The van der Waals surface area contributed by atoms with E-state index in [0.29, 0.717) is 15.2 Å². The fraction of sp³-hybridized carbons (Fsp3) is 0.130. The zero-order valence-electron chi connectivity index (χ0n) is 18.6. The van der Waals surface area contributed by atoms with E-state index in [-0.39, 0.29) is 45.5 Å². The van der Waals surface area contributed by atoms with Gasteiger partial charge in [-0.2, -0.15) is 0 Å². The van der Waals surface area contributed by atoms with Crippen molar-refractivity contribution < 1.29 is 27.1 Å². The lowest BCUT2D eigenvalue weighted by atomic mass is 10.1. The predicted molar refractivity (Wildman–Crippen MR) is 139 cm³/mol. The van der Waals surface area contributed by atoms with Gasteiger partial charge in [-0.05, 0) is 52.3 Å². The third kappa shape index (κ3) is 6.88. The Balaban J connectivity index is 1.77. The first-order chi connectivity index (χ1) is 16.9. The van der Waals surface area contributed by atoms with E-state index in [2.05, 4.69) is 21.2 Å². The Bertz CT molecular complexity index is 1430. The Labute approximate surface area is 225 Å². The van der Waals surface area contributed by atoms with E-state index in [1.165, 1.54) is 49.4 Å². The number of nitrogen functional groups attached to an aromatic ring is 1. The molecule has 36 heavy (non-hydrogen) atoms. The molecule has 3 rings (SSSR count). The van der Waals surface area contributed by atoms with Crippen molar-refractivity contribution in [2.24, 2.45) is 0 Å². The molecule has 0 aliphatic rings. The van der Waals surface area contributed by atoms with E-state index in [1.807, 2.05) is 4.72 Å². The van der Waals surface area contributed by atoms with Crippen LogP contribution in [0.2, 0.25) is 10.0 Å². The molecule has 0 spiro atoms. The highest BCUT2D eigenvalue weighted by Gasteiger charge is 2.20. The summed E-state index contributed by atoms with van der Waals surface area (Å²) in [5, 5.41) is 2.73. The normalized spacial score (nSPS) is 11.1. The minimum Gasteiger partial charge on any atom is -0.453 e. The molecule has 13 heteroatoms. The predicted octanol–water partition coefficient (Wildman–Crippen LogP) is 5.67. The van der Waals surface area contributed by atoms with Crippen molar-refractivity contribution in [3.05, 3.63) is 74.4 Å². The fourth-order valence-corrected chi connectivity index (χ4v) is 4.97. The van der Waals surface area contributed by atoms with Crippen LogP contribution >= 0.6 is 39.1 Å². The molecule has 0 saturated carbocycles. The first-order valence-corrected chi connectivity index (χ1v) is 13.3. The van der Waals surface area contributed by atoms with Crippen molar-refractivity contribution in [3.63, 3.8) is 0 Å². The number of halogens is 4. The number of nitrogens with one attached hydrogen (secondary N) is 2. The number of benzene rings is 3. The van der Waals surface area contributed by atoms with Crippen LogP contribution in [0, 0.1) is 5.82 Å². The van der Waals surface area contributed by atoms with E-state index >= 15 is 4.39 Å². The number of carbonyl (C=O) groups is 2. The van der Waals surface area contributed by atoms with Crippen LogP contribution in [0.3, 0.4) is 0 Å². The van der Waals surface area contributed by atoms with Crippen molar-refractivity contribution in [1.29, 1.82) is 0 Å². The fourth-order valence-electron chi connectivity index (χ4n) is 2.98. The number of carbonyl (C=O) groups excluding carboxylic acids is 2. The summed E-state index contributed by atoms with van der Waals surface area (Å²) in [6.45, 7) is 1.51. The maximum atomic E-state index is 15.2. The van der Waals surface area contributed by atoms with Crippen LogP contribution in [0.1, 0.15) is 18.9 Å². The Kier molecular flexibility index (Phi) is 8.83. The SMILES string of the molecule is CCC(=O)NS(=O)(=O)c1ccc(NC(=O)Cc2ccc(Br)c(Oc3cc(N)cc(Cl)c3)c2F)c(Cl)c1. The second-order valence-corrected chi connectivity index (χ2v) is 10.8. The smallest absolute Gasteiger partial charge is 0.264 e. The minimum atomic E-state index is -4.11. The molecule has 0 bridgehead atoms. The van der Waals surface area contributed by atoms with Gasteiger partial charge in [0.2, 0.25) is 11.8 Å². The molecule has 0 aromatic heterocycles. The topological polar surface area (TPSA) is 128 Å². The van der Waals surface area contributed by atoms with Crippen molar-refractivity contribution in [3.8, 4) is 11.5 Å². The van der Waals surface area contributed by atoms with Gasteiger partial charge in [0, 0.05) is 28.8 Å². The van der Waals surface area contributed by atoms with Gasteiger partial charge < -0.3 is 15.8 Å². The highest BCUT2D eigenvalue weighted by Crippen LogP contribution is 2.36. The summed E-state index contributed by atoms with van der Waals surface area (Å²) < 4.78 is 47.5. The van der Waals surface area contributed by atoms with Gasteiger partial charge in [-0.15, -0.1) is 0 Å². The largest absolute Gasteiger partial charge is 0.453 e. The number of hydrogen-bond acceptors (Lipinski definition) is 6. The van der Waals surface area contributed by atoms with Crippen LogP contribution in [0.5, 0.6) is 11.5 Å². The van der Waals surface area contributed by atoms with Crippen molar-refractivity contribution in [1.82, 2.24) is 4.72 Å². The average molecular weight is 619 g/mol. The molecule has 3 aromatic carbocycles. The second kappa shape index (κ2) is 11.5. The van der Waals surface area contributed by atoms with Crippen molar-refractivity contribution in [2.45, 2.75) is 24.7 Å². The molecular weight excluding hydrogens is 600 g/mol. The third-order valence-electron chi connectivity index (χ3n) is 4.69. The van der Waals surface area contributed by atoms with Crippen molar-refractivity contribution >= 4 is 72.3 Å². The monoisotopic (exact) mass is 617 g/mol. The molecule has 2 amide bonds. The quantitative estimate of drug-likeness (QED) is 0.279. The van der Waals surface area contributed by atoms with Gasteiger partial charge in [-0.1, -0.05) is 36.2 Å². The molecule has 3 aromatic rings. The van der Waals surface area contributed by atoms with E-state index in [0.717, 1.165) is 6.07 Å². The second-order valence-electron chi connectivity index (χ2n) is 7.42. The Morgan fingerprint density at radius 2 is 1.81 bits per heavy atom. The van der Waals surface area contributed by atoms with Gasteiger partial charge >= 0.3 is 0 Å². The molecule has 0 atom stereocenters. The molecule has 0 aliphatic carbocycles. The van der Waals surface area contributed by atoms with Crippen LogP contribution in [-0.4, -0.2) is 20.2 Å². The Morgan fingerprint density at radius 1 is 1.08 bits per heavy atom. The number of anilines is 2. The first kappa shape index (κ1) is 27.7. The molecule has 8 nitrogen and oxygen atoms in total. The van der Waals surface area contributed by atoms with Crippen LogP contribution < -0.4 is 20.5 Å². The maximum absolute atomic E-state index is 15.2. The van der Waals surface area contributed by atoms with Crippen LogP contribution in [0.25, 0.3) is 0 Å².